The molecule has 0 bridgehead atoms. The van der Waals surface area contributed by atoms with Gasteiger partial charge in [0.1, 0.15) is 23.8 Å². The van der Waals surface area contributed by atoms with E-state index in [0.717, 1.165) is 17.7 Å². The third-order valence-electron chi connectivity index (χ3n) is 5.50. The van der Waals surface area contributed by atoms with Crippen LogP contribution in [0.1, 0.15) is 24.3 Å². The summed E-state index contributed by atoms with van der Waals surface area (Å²) in [7, 11) is -2.61. The highest BCUT2D eigenvalue weighted by Gasteiger charge is 2.46. The molecule has 0 unspecified atom stereocenters. The molecule has 2 aromatic rings. The maximum atomic E-state index is 13.1. The normalized spacial score (nSPS) is 24.6. The molecule has 0 amide bonds. The molecular formula is C21H22FNO7S. The van der Waals surface area contributed by atoms with Crippen LogP contribution in [0.2, 0.25) is 0 Å². The maximum Gasteiger partial charge on any atom is 0.308 e. The lowest BCUT2D eigenvalue weighted by molar-refractivity contribution is -0.156. The van der Waals surface area contributed by atoms with Crippen LogP contribution in [0, 0.1) is 5.82 Å². The molecule has 2 aliphatic heterocycles. The van der Waals surface area contributed by atoms with Gasteiger partial charge >= 0.3 is 5.97 Å². The fourth-order valence-corrected chi connectivity index (χ4v) is 5.10. The van der Waals surface area contributed by atoms with Gasteiger partial charge in [0.15, 0.2) is 0 Å². The van der Waals surface area contributed by atoms with Crippen molar-refractivity contribution in [3.63, 3.8) is 0 Å². The first-order chi connectivity index (χ1) is 14.8. The van der Waals surface area contributed by atoms with Crippen molar-refractivity contribution in [3.8, 4) is 5.75 Å². The van der Waals surface area contributed by atoms with Crippen LogP contribution in [0.4, 0.5) is 10.1 Å². The molecule has 0 aliphatic carbocycles. The summed E-state index contributed by atoms with van der Waals surface area (Å²) in [5, 5.41) is 9.74. The number of esters is 1. The minimum atomic E-state index is -3.91. The van der Waals surface area contributed by atoms with Gasteiger partial charge in [-0.3, -0.25) is 9.52 Å². The number of ether oxygens (including phenoxy) is 3. The average Bonchev–Trinajstić information content (AvgIpc) is 3.11. The average molecular weight is 451 g/mol. The van der Waals surface area contributed by atoms with Gasteiger partial charge < -0.3 is 19.3 Å². The van der Waals surface area contributed by atoms with Crippen LogP contribution in [0.15, 0.2) is 47.4 Å². The monoisotopic (exact) mass is 451 g/mol. The van der Waals surface area contributed by atoms with E-state index in [0.29, 0.717) is 17.9 Å². The van der Waals surface area contributed by atoms with Crippen LogP contribution in [-0.2, 0) is 24.3 Å². The predicted octanol–water partition coefficient (Wildman–Crippen LogP) is 2.18. The second-order valence-electron chi connectivity index (χ2n) is 7.50. The highest BCUT2D eigenvalue weighted by atomic mass is 32.2. The Hall–Kier alpha value is -2.69. The van der Waals surface area contributed by atoms with E-state index in [1.807, 2.05) is 0 Å². The number of rotatable bonds is 6. The molecule has 0 radical (unpaired) electrons. The molecule has 0 spiro atoms. The lowest BCUT2D eigenvalue weighted by Gasteiger charge is -2.36. The molecule has 4 atom stereocenters. The second-order valence-corrected chi connectivity index (χ2v) is 9.18. The van der Waals surface area contributed by atoms with E-state index < -0.39 is 40.1 Å². The molecule has 2 aliphatic rings. The summed E-state index contributed by atoms with van der Waals surface area (Å²) < 4.78 is 57.4. The quantitative estimate of drug-likeness (QED) is 0.648. The number of sulfonamides is 1. The molecular weight excluding hydrogens is 429 g/mol. The van der Waals surface area contributed by atoms with E-state index in [9.17, 15) is 22.7 Å². The first kappa shape index (κ1) is 21.5. The number of halogens is 1. The van der Waals surface area contributed by atoms with Crippen molar-refractivity contribution in [1.82, 2.24) is 0 Å². The molecule has 2 aromatic carbocycles. The van der Waals surface area contributed by atoms with Crippen LogP contribution < -0.4 is 9.46 Å². The van der Waals surface area contributed by atoms with Crippen molar-refractivity contribution in [2.45, 2.75) is 42.0 Å². The largest absolute Gasteiger partial charge is 0.487 e. The number of aliphatic hydroxyl groups is 1. The van der Waals surface area contributed by atoms with E-state index >= 15 is 0 Å². The highest BCUT2D eigenvalue weighted by molar-refractivity contribution is 7.92. The van der Waals surface area contributed by atoms with Crippen molar-refractivity contribution in [2.24, 2.45) is 0 Å². The Morgan fingerprint density at radius 2 is 2.00 bits per heavy atom. The Bertz CT molecular complexity index is 1070. The van der Waals surface area contributed by atoms with Crippen molar-refractivity contribution in [3.05, 3.63) is 53.8 Å². The standard InChI is InChI=1S/C21H22FNO7S/c1-28-20(25)10-14-9-17-16-8-13(4-7-18(16)30-21(17)19(11-24)29-14)23-31(26,27)15-5-2-12(22)3-6-15/h2-8,14,17,19,21,23-24H,9-11H2,1H3/t14-,17+,19-,21-/m1/s1. The number of fused-ring (bicyclic) bond motifs is 3. The van der Waals surface area contributed by atoms with Crippen molar-refractivity contribution in [2.75, 3.05) is 18.4 Å². The fraction of sp³-hybridized carbons (Fsp3) is 0.381. The first-order valence-electron chi connectivity index (χ1n) is 9.73. The Labute approximate surface area is 179 Å². The summed E-state index contributed by atoms with van der Waals surface area (Å²) in [4.78, 5) is 11.6. The Morgan fingerprint density at radius 1 is 1.26 bits per heavy atom. The zero-order valence-corrected chi connectivity index (χ0v) is 17.5. The number of benzene rings is 2. The summed E-state index contributed by atoms with van der Waals surface area (Å²) >= 11 is 0. The predicted molar refractivity (Wildman–Crippen MR) is 108 cm³/mol. The lowest BCUT2D eigenvalue weighted by Crippen LogP contribution is -2.46. The molecule has 166 valence electrons. The summed E-state index contributed by atoms with van der Waals surface area (Å²) in [5.41, 5.74) is 1.09. The highest BCUT2D eigenvalue weighted by Crippen LogP contribution is 2.47. The Kier molecular flexibility index (Phi) is 5.87. The van der Waals surface area contributed by atoms with Crippen LogP contribution in [-0.4, -0.2) is 51.5 Å². The van der Waals surface area contributed by atoms with Crippen LogP contribution in [0.3, 0.4) is 0 Å². The van der Waals surface area contributed by atoms with Gasteiger partial charge in [-0.1, -0.05) is 0 Å². The van der Waals surface area contributed by atoms with E-state index in [2.05, 4.69) is 4.72 Å². The summed E-state index contributed by atoms with van der Waals surface area (Å²) in [6.07, 6.45) is -1.03. The lowest BCUT2D eigenvalue weighted by atomic mass is 9.84. The SMILES string of the molecule is COC(=O)C[C@H]1C[C@H]2c3cc(NS(=O)(=O)c4ccc(F)cc4)ccc3O[C@H]2[C@@H](CO)O1. The topological polar surface area (TPSA) is 111 Å². The molecule has 8 nitrogen and oxygen atoms in total. The van der Waals surface area contributed by atoms with Gasteiger partial charge in [-0.15, -0.1) is 0 Å². The van der Waals surface area contributed by atoms with Crippen LogP contribution >= 0.6 is 0 Å². The van der Waals surface area contributed by atoms with Crippen molar-refractivity contribution in [1.29, 1.82) is 0 Å². The zero-order chi connectivity index (χ0) is 22.2. The number of aliphatic hydroxyl groups excluding tert-OH is 1. The summed E-state index contributed by atoms with van der Waals surface area (Å²) in [6.45, 7) is -0.281. The molecule has 10 heteroatoms. The first-order valence-corrected chi connectivity index (χ1v) is 11.2. The van der Waals surface area contributed by atoms with Crippen LogP contribution in [0.5, 0.6) is 5.75 Å². The van der Waals surface area contributed by atoms with Crippen molar-refractivity contribution >= 4 is 21.7 Å². The van der Waals surface area contributed by atoms with Crippen LogP contribution in [0.25, 0.3) is 0 Å². The number of nitrogens with one attached hydrogen (secondary N) is 1. The zero-order valence-electron chi connectivity index (χ0n) is 16.7. The fourth-order valence-electron chi connectivity index (χ4n) is 4.05. The van der Waals surface area contributed by atoms with Gasteiger partial charge in [-0.25, -0.2) is 12.8 Å². The number of carbonyl (C=O) groups excluding carboxylic acids is 1. The molecule has 4 rings (SSSR count). The smallest absolute Gasteiger partial charge is 0.308 e. The van der Waals surface area contributed by atoms with Crippen molar-refractivity contribution < 1.29 is 36.9 Å². The molecule has 1 saturated heterocycles. The van der Waals surface area contributed by atoms with Gasteiger partial charge in [0, 0.05) is 17.2 Å². The molecule has 2 N–H and O–H groups in total. The maximum absolute atomic E-state index is 13.1. The number of hydrogen-bond donors (Lipinski definition) is 2. The minimum Gasteiger partial charge on any atom is -0.487 e. The molecule has 2 heterocycles. The summed E-state index contributed by atoms with van der Waals surface area (Å²) in [5.74, 6) is -0.564. The number of methoxy groups -OCH3 is 1. The van der Waals surface area contributed by atoms with Gasteiger partial charge in [-0.2, -0.15) is 0 Å². The Balaban J connectivity index is 1.58. The van der Waals surface area contributed by atoms with Gasteiger partial charge in [-0.05, 0) is 48.9 Å². The van der Waals surface area contributed by atoms with E-state index in [1.54, 1.807) is 18.2 Å². The third kappa shape index (κ3) is 4.36. The van der Waals surface area contributed by atoms with E-state index in [1.165, 1.54) is 19.2 Å². The minimum absolute atomic E-state index is 0.0441. The summed E-state index contributed by atoms with van der Waals surface area (Å²) in [6, 6.07) is 9.42. The number of carbonyl (C=O) groups is 1. The Morgan fingerprint density at radius 3 is 2.68 bits per heavy atom. The molecule has 0 aromatic heterocycles. The second kappa shape index (κ2) is 8.45. The van der Waals surface area contributed by atoms with E-state index in [4.69, 9.17) is 14.2 Å². The number of hydrogen-bond acceptors (Lipinski definition) is 7. The molecule has 0 saturated carbocycles. The van der Waals surface area contributed by atoms with E-state index in [-0.39, 0.29) is 23.8 Å². The number of anilines is 1. The molecule has 31 heavy (non-hydrogen) atoms. The molecule has 1 fully saturated rings. The van der Waals surface area contributed by atoms with Gasteiger partial charge in [0.05, 0.1) is 31.1 Å². The van der Waals surface area contributed by atoms with Gasteiger partial charge in [0.25, 0.3) is 10.0 Å². The van der Waals surface area contributed by atoms with Gasteiger partial charge in [0.2, 0.25) is 0 Å². The third-order valence-corrected chi connectivity index (χ3v) is 6.89.